The van der Waals surface area contributed by atoms with E-state index in [1.165, 1.54) is 19.9 Å². The van der Waals surface area contributed by atoms with E-state index in [1.54, 1.807) is 0 Å². The standard InChI is InChI=1S/C33H37N3O7/c1-4-22-42-31(41)34-27(29(38)36-43-23-32(2,3)30(39)40)20-21-28(37)35-33(24-14-8-5-9-15-24,25-16-10-6-11-17-25)26-18-12-7-13-19-26/h4-19,27H,1,20-23H2,2-3H3,(H,34,41)(H,35,37)(H,36,38)(H,39,40). The molecule has 1 unspecified atom stereocenters. The number of nitrogens with one attached hydrogen (secondary N) is 3. The minimum Gasteiger partial charge on any atom is -0.481 e. The second-order valence-corrected chi connectivity index (χ2v) is 10.5. The van der Waals surface area contributed by atoms with Gasteiger partial charge in [-0.1, -0.05) is 104 Å². The van der Waals surface area contributed by atoms with Crippen molar-refractivity contribution in [1.29, 1.82) is 0 Å². The summed E-state index contributed by atoms with van der Waals surface area (Å²) in [4.78, 5) is 55.4. The Balaban J connectivity index is 1.85. The van der Waals surface area contributed by atoms with Crippen LogP contribution in [-0.4, -0.2) is 48.2 Å². The average molecular weight is 588 g/mol. The van der Waals surface area contributed by atoms with Crippen LogP contribution in [0.25, 0.3) is 0 Å². The number of rotatable bonds is 15. The van der Waals surface area contributed by atoms with Crippen LogP contribution in [0.3, 0.4) is 0 Å². The summed E-state index contributed by atoms with van der Waals surface area (Å²) in [5.41, 5.74) is 2.34. The van der Waals surface area contributed by atoms with Crippen molar-refractivity contribution < 1.29 is 33.9 Å². The van der Waals surface area contributed by atoms with E-state index in [9.17, 15) is 24.3 Å². The van der Waals surface area contributed by atoms with Gasteiger partial charge in [0.25, 0.3) is 5.91 Å². The van der Waals surface area contributed by atoms with E-state index in [0.717, 1.165) is 16.7 Å². The van der Waals surface area contributed by atoms with Crippen LogP contribution in [0.5, 0.6) is 0 Å². The van der Waals surface area contributed by atoms with Crippen LogP contribution in [0, 0.1) is 5.41 Å². The van der Waals surface area contributed by atoms with Crippen molar-refractivity contribution >= 4 is 23.9 Å². The molecule has 0 fully saturated rings. The molecular formula is C33H37N3O7. The van der Waals surface area contributed by atoms with Gasteiger partial charge in [0.05, 0.1) is 12.0 Å². The molecule has 226 valence electrons. The van der Waals surface area contributed by atoms with E-state index < -0.39 is 35.0 Å². The summed E-state index contributed by atoms with van der Waals surface area (Å²) in [5, 5.41) is 14.9. The number of amides is 3. The number of ether oxygens (including phenoxy) is 1. The van der Waals surface area contributed by atoms with E-state index in [-0.39, 0.29) is 32.0 Å². The highest BCUT2D eigenvalue weighted by atomic mass is 16.7. The lowest BCUT2D eigenvalue weighted by Gasteiger charge is -2.37. The molecule has 0 aromatic heterocycles. The lowest BCUT2D eigenvalue weighted by Crippen LogP contribution is -2.50. The Morgan fingerprint density at radius 1 is 0.860 bits per heavy atom. The van der Waals surface area contributed by atoms with Gasteiger partial charge in [-0.25, -0.2) is 10.3 Å². The van der Waals surface area contributed by atoms with Crippen LogP contribution in [0.2, 0.25) is 0 Å². The van der Waals surface area contributed by atoms with Crippen LogP contribution >= 0.6 is 0 Å². The molecule has 0 aliphatic carbocycles. The van der Waals surface area contributed by atoms with Crippen molar-refractivity contribution in [2.45, 2.75) is 38.3 Å². The van der Waals surface area contributed by atoms with Crippen LogP contribution in [-0.2, 0) is 29.5 Å². The molecule has 3 aromatic carbocycles. The molecule has 10 heteroatoms. The second kappa shape index (κ2) is 15.3. The summed E-state index contributed by atoms with van der Waals surface area (Å²) in [5.74, 6) is -2.27. The Hall–Kier alpha value is -4.96. The van der Waals surface area contributed by atoms with Gasteiger partial charge in [-0.15, -0.1) is 0 Å². The number of hydrogen-bond acceptors (Lipinski definition) is 6. The highest BCUT2D eigenvalue weighted by Crippen LogP contribution is 2.36. The highest BCUT2D eigenvalue weighted by Gasteiger charge is 2.38. The van der Waals surface area contributed by atoms with Gasteiger partial charge in [0.2, 0.25) is 5.91 Å². The topological polar surface area (TPSA) is 143 Å². The van der Waals surface area contributed by atoms with E-state index in [4.69, 9.17) is 9.57 Å². The van der Waals surface area contributed by atoms with Gasteiger partial charge in [0, 0.05) is 6.42 Å². The third-order valence-electron chi connectivity index (χ3n) is 6.73. The molecule has 0 aliphatic heterocycles. The molecule has 4 N–H and O–H groups in total. The molecule has 10 nitrogen and oxygen atoms in total. The number of hydroxylamine groups is 1. The summed E-state index contributed by atoms with van der Waals surface area (Å²) in [6.07, 6.45) is 0.212. The van der Waals surface area contributed by atoms with Crippen LogP contribution < -0.4 is 16.1 Å². The Bertz CT molecular complexity index is 1280. The number of carboxylic acids is 1. The first-order chi connectivity index (χ1) is 20.6. The highest BCUT2D eigenvalue weighted by molar-refractivity contribution is 5.86. The molecule has 0 saturated heterocycles. The molecule has 3 rings (SSSR count). The van der Waals surface area contributed by atoms with E-state index >= 15 is 0 Å². The number of aliphatic carboxylic acids is 1. The molecule has 0 saturated carbocycles. The maximum Gasteiger partial charge on any atom is 0.408 e. The van der Waals surface area contributed by atoms with Gasteiger partial charge in [0.15, 0.2) is 0 Å². The Kier molecular flexibility index (Phi) is 11.6. The molecule has 0 bridgehead atoms. The monoisotopic (exact) mass is 587 g/mol. The minimum absolute atomic E-state index is 0.0856. The Morgan fingerprint density at radius 3 is 1.79 bits per heavy atom. The fourth-order valence-corrected chi connectivity index (χ4v) is 4.34. The molecule has 3 aromatic rings. The zero-order chi connectivity index (χ0) is 31.3. The van der Waals surface area contributed by atoms with Gasteiger partial charge in [-0.2, -0.15) is 0 Å². The van der Waals surface area contributed by atoms with Gasteiger partial charge in [-0.05, 0) is 37.0 Å². The first-order valence-electron chi connectivity index (χ1n) is 13.8. The molecule has 3 amide bonds. The predicted octanol–water partition coefficient (Wildman–Crippen LogP) is 4.31. The van der Waals surface area contributed by atoms with Crippen molar-refractivity contribution in [3.63, 3.8) is 0 Å². The maximum absolute atomic E-state index is 13.7. The number of alkyl carbamates (subject to hydrolysis) is 1. The lowest BCUT2D eigenvalue weighted by atomic mass is 9.77. The van der Waals surface area contributed by atoms with Crippen molar-refractivity contribution in [3.05, 3.63) is 120 Å². The van der Waals surface area contributed by atoms with E-state index in [1.807, 2.05) is 91.0 Å². The maximum atomic E-state index is 13.7. The number of carbonyl (C=O) groups excluding carboxylic acids is 3. The zero-order valence-electron chi connectivity index (χ0n) is 24.2. The average Bonchev–Trinajstić information content (AvgIpc) is 3.01. The van der Waals surface area contributed by atoms with E-state index in [0.29, 0.717) is 0 Å². The second-order valence-electron chi connectivity index (χ2n) is 10.5. The normalized spacial score (nSPS) is 12.0. The molecule has 0 heterocycles. The first-order valence-corrected chi connectivity index (χ1v) is 13.8. The summed E-state index contributed by atoms with van der Waals surface area (Å²) in [6.45, 7) is 5.95. The number of carbonyl (C=O) groups is 4. The summed E-state index contributed by atoms with van der Waals surface area (Å²) in [6, 6.07) is 27.4. The van der Waals surface area contributed by atoms with E-state index in [2.05, 4.69) is 22.7 Å². The van der Waals surface area contributed by atoms with Crippen molar-refractivity contribution in [1.82, 2.24) is 16.1 Å². The minimum atomic E-state index is -1.27. The SMILES string of the molecule is C=CCOC(=O)NC(CCC(=O)NC(c1ccccc1)(c1ccccc1)c1ccccc1)C(=O)NOCC(C)(C)C(=O)O. The fourth-order valence-electron chi connectivity index (χ4n) is 4.34. The summed E-state index contributed by atoms with van der Waals surface area (Å²) < 4.78 is 4.96. The molecule has 0 radical (unpaired) electrons. The first kappa shape index (κ1) is 32.6. The van der Waals surface area contributed by atoms with Gasteiger partial charge in [-0.3, -0.25) is 19.2 Å². The number of benzene rings is 3. The largest absolute Gasteiger partial charge is 0.481 e. The zero-order valence-corrected chi connectivity index (χ0v) is 24.2. The third kappa shape index (κ3) is 8.76. The summed E-state index contributed by atoms with van der Waals surface area (Å²) >= 11 is 0. The van der Waals surface area contributed by atoms with Crippen LogP contribution in [0.15, 0.2) is 104 Å². The summed E-state index contributed by atoms with van der Waals surface area (Å²) in [7, 11) is 0. The molecule has 43 heavy (non-hydrogen) atoms. The van der Waals surface area contributed by atoms with Crippen molar-refractivity contribution in [3.8, 4) is 0 Å². The van der Waals surface area contributed by atoms with Crippen molar-refractivity contribution in [2.75, 3.05) is 13.2 Å². The van der Waals surface area contributed by atoms with Gasteiger partial charge >= 0.3 is 12.1 Å². The lowest BCUT2D eigenvalue weighted by molar-refractivity contribution is -0.156. The van der Waals surface area contributed by atoms with Crippen molar-refractivity contribution in [2.24, 2.45) is 5.41 Å². The van der Waals surface area contributed by atoms with Gasteiger partial charge in [0.1, 0.15) is 18.2 Å². The molecular weight excluding hydrogens is 550 g/mol. The Labute approximate surface area is 251 Å². The molecule has 1 atom stereocenters. The fraction of sp³-hybridized carbons (Fsp3) is 0.273. The van der Waals surface area contributed by atoms with Gasteiger partial charge < -0.3 is 20.5 Å². The number of hydrogen-bond donors (Lipinski definition) is 4. The smallest absolute Gasteiger partial charge is 0.408 e. The van der Waals surface area contributed by atoms with Crippen LogP contribution in [0.4, 0.5) is 4.79 Å². The number of carboxylic acid groups (broad SMARTS) is 1. The predicted molar refractivity (Wildman–Crippen MR) is 161 cm³/mol. The quantitative estimate of drug-likeness (QED) is 0.118. The third-order valence-corrected chi connectivity index (χ3v) is 6.73. The van der Waals surface area contributed by atoms with Crippen LogP contribution in [0.1, 0.15) is 43.4 Å². The molecule has 0 aliphatic rings. The Morgan fingerprint density at radius 2 is 1.35 bits per heavy atom. The molecule has 0 spiro atoms.